The number of ether oxygens (including phenoxy) is 3. The van der Waals surface area contributed by atoms with Crippen molar-refractivity contribution in [2.24, 2.45) is 0 Å². The van der Waals surface area contributed by atoms with Crippen LogP contribution in [0.15, 0.2) is 18.2 Å². The number of hydrogen-bond acceptors (Lipinski definition) is 4. The Balaban J connectivity index is 2.80. The second-order valence-electron chi connectivity index (χ2n) is 3.89. The summed E-state index contributed by atoms with van der Waals surface area (Å²) in [7, 11) is 3.15. The molecule has 0 fully saturated rings. The normalized spacial score (nSPS) is 10.2. The summed E-state index contributed by atoms with van der Waals surface area (Å²) in [6, 6.07) is 5.34. The van der Waals surface area contributed by atoms with Crippen LogP contribution < -0.4 is 9.47 Å². The molecular weight excluding hydrogens is 220 g/mol. The number of carbonyl (C=O) groups excluding carboxylic acids is 1. The van der Waals surface area contributed by atoms with Crippen molar-refractivity contribution in [2.75, 3.05) is 14.2 Å². The minimum Gasteiger partial charge on any atom is -0.497 e. The zero-order chi connectivity index (χ0) is 12.8. The molecule has 0 spiro atoms. The van der Waals surface area contributed by atoms with E-state index in [1.54, 1.807) is 32.4 Å². The Hall–Kier alpha value is -1.71. The molecule has 1 rings (SSSR count). The molecule has 0 atom stereocenters. The molecule has 0 saturated heterocycles. The molecule has 1 aromatic carbocycles. The first-order valence-corrected chi connectivity index (χ1v) is 5.47. The SMILES string of the molecule is COc1ccc(CC(=O)OC(C)C)c(OC)c1. The number of benzene rings is 1. The van der Waals surface area contributed by atoms with Crippen LogP contribution in [0.1, 0.15) is 19.4 Å². The molecule has 0 aliphatic carbocycles. The molecule has 0 bridgehead atoms. The molecule has 0 aliphatic rings. The van der Waals surface area contributed by atoms with Gasteiger partial charge in [-0.1, -0.05) is 6.07 Å². The van der Waals surface area contributed by atoms with Crippen molar-refractivity contribution in [1.29, 1.82) is 0 Å². The lowest BCUT2D eigenvalue weighted by Crippen LogP contribution is -2.14. The second kappa shape index (κ2) is 6.13. The first-order valence-electron chi connectivity index (χ1n) is 5.47. The molecule has 4 heteroatoms. The van der Waals surface area contributed by atoms with E-state index in [2.05, 4.69) is 0 Å². The Morgan fingerprint density at radius 2 is 1.94 bits per heavy atom. The van der Waals surface area contributed by atoms with Gasteiger partial charge in [0, 0.05) is 11.6 Å². The average molecular weight is 238 g/mol. The van der Waals surface area contributed by atoms with Gasteiger partial charge in [-0.25, -0.2) is 0 Å². The Bertz CT molecular complexity index is 385. The number of carbonyl (C=O) groups is 1. The van der Waals surface area contributed by atoms with E-state index < -0.39 is 0 Å². The van der Waals surface area contributed by atoms with Gasteiger partial charge in [-0.15, -0.1) is 0 Å². The van der Waals surface area contributed by atoms with E-state index in [9.17, 15) is 4.79 Å². The van der Waals surface area contributed by atoms with E-state index in [-0.39, 0.29) is 18.5 Å². The Kier molecular flexibility index (Phi) is 4.82. The molecule has 1 aromatic rings. The van der Waals surface area contributed by atoms with E-state index >= 15 is 0 Å². The number of methoxy groups -OCH3 is 2. The van der Waals surface area contributed by atoms with Gasteiger partial charge in [0.15, 0.2) is 0 Å². The molecule has 0 heterocycles. The second-order valence-corrected chi connectivity index (χ2v) is 3.89. The van der Waals surface area contributed by atoms with Gasteiger partial charge in [0.2, 0.25) is 0 Å². The maximum absolute atomic E-state index is 11.5. The van der Waals surface area contributed by atoms with Gasteiger partial charge >= 0.3 is 5.97 Å². The highest BCUT2D eigenvalue weighted by Crippen LogP contribution is 2.25. The topological polar surface area (TPSA) is 44.8 Å². The molecule has 0 unspecified atom stereocenters. The Morgan fingerprint density at radius 3 is 2.47 bits per heavy atom. The van der Waals surface area contributed by atoms with Gasteiger partial charge in [0.25, 0.3) is 0 Å². The molecule has 0 radical (unpaired) electrons. The van der Waals surface area contributed by atoms with Crippen molar-refractivity contribution in [3.05, 3.63) is 23.8 Å². The first kappa shape index (κ1) is 13.4. The highest BCUT2D eigenvalue weighted by molar-refractivity contribution is 5.73. The van der Waals surface area contributed by atoms with Gasteiger partial charge in [0.1, 0.15) is 11.5 Å². The molecule has 17 heavy (non-hydrogen) atoms. The van der Waals surface area contributed by atoms with E-state index in [1.807, 2.05) is 13.8 Å². The first-order chi connectivity index (χ1) is 8.06. The van der Waals surface area contributed by atoms with Gasteiger partial charge in [-0.3, -0.25) is 4.79 Å². The molecule has 0 saturated carbocycles. The van der Waals surface area contributed by atoms with E-state index in [4.69, 9.17) is 14.2 Å². The summed E-state index contributed by atoms with van der Waals surface area (Å²) < 4.78 is 15.4. The predicted octanol–water partition coefficient (Wildman–Crippen LogP) is 2.20. The monoisotopic (exact) mass is 238 g/mol. The summed E-state index contributed by atoms with van der Waals surface area (Å²) in [6.45, 7) is 3.65. The standard InChI is InChI=1S/C13H18O4/c1-9(2)17-13(14)7-10-5-6-11(15-3)8-12(10)16-4/h5-6,8-9H,7H2,1-4H3. The average Bonchev–Trinajstić information content (AvgIpc) is 2.28. The fraction of sp³-hybridized carbons (Fsp3) is 0.462. The number of esters is 1. The Labute approximate surface area is 101 Å². The van der Waals surface area contributed by atoms with Crippen LogP contribution in [-0.4, -0.2) is 26.3 Å². The van der Waals surface area contributed by atoms with Gasteiger partial charge in [-0.2, -0.15) is 0 Å². The number of hydrogen-bond donors (Lipinski definition) is 0. The van der Waals surface area contributed by atoms with Crippen LogP contribution in [-0.2, 0) is 16.0 Å². The van der Waals surface area contributed by atoms with Gasteiger partial charge < -0.3 is 14.2 Å². The van der Waals surface area contributed by atoms with Crippen LogP contribution in [0.25, 0.3) is 0 Å². The van der Waals surface area contributed by atoms with Crippen LogP contribution in [0.2, 0.25) is 0 Å². The smallest absolute Gasteiger partial charge is 0.310 e. The number of rotatable bonds is 5. The van der Waals surface area contributed by atoms with Gasteiger partial charge in [-0.05, 0) is 19.9 Å². The zero-order valence-electron chi connectivity index (χ0n) is 10.6. The summed E-state index contributed by atoms with van der Waals surface area (Å²) in [5.74, 6) is 1.07. The van der Waals surface area contributed by atoms with Crippen LogP contribution >= 0.6 is 0 Å². The van der Waals surface area contributed by atoms with Crippen molar-refractivity contribution in [2.45, 2.75) is 26.4 Å². The van der Waals surface area contributed by atoms with Crippen molar-refractivity contribution in [1.82, 2.24) is 0 Å². The van der Waals surface area contributed by atoms with Crippen molar-refractivity contribution >= 4 is 5.97 Å². The molecule has 0 aliphatic heterocycles. The minimum absolute atomic E-state index is 0.105. The Morgan fingerprint density at radius 1 is 1.24 bits per heavy atom. The molecule has 0 N–H and O–H groups in total. The highest BCUT2D eigenvalue weighted by atomic mass is 16.5. The highest BCUT2D eigenvalue weighted by Gasteiger charge is 2.11. The third kappa shape index (κ3) is 3.98. The molecule has 94 valence electrons. The minimum atomic E-state index is -0.261. The molecule has 0 aromatic heterocycles. The van der Waals surface area contributed by atoms with Crippen LogP contribution in [0.3, 0.4) is 0 Å². The van der Waals surface area contributed by atoms with E-state index in [0.717, 1.165) is 5.56 Å². The third-order valence-corrected chi connectivity index (χ3v) is 2.20. The van der Waals surface area contributed by atoms with E-state index in [1.165, 1.54) is 0 Å². The molecular formula is C13H18O4. The largest absolute Gasteiger partial charge is 0.497 e. The predicted molar refractivity (Wildman–Crippen MR) is 64.5 cm³/mol. The quantitative estimate of drug-likeness (QED) is 0.738. The maximum Gasteiger partial charge on any atom is 0.310 e. The van der Waals surface area contributed by atoms with Crippen LogP contribution in [0, 0.1) is 0 Å². The fourth-order valence-electron chi connectivity index (χ4n) is 1.46. The van der Waals surface area contributed by atoms with Crippen LogP contribution in [0.5, 0.6) is 11.5 Å². The molecule has 0 amide bonds. The lowest BCUT2D eigenvalue weighted by molar-refractivity contribution is -0.146. The lowest BCUT2D eigenvalue weighted by atomic mass is 10.1. The lowest BCUT2D eigenvalue weighted by Gasteiger charge is -2.11. The fourth-order valence-corrected chi connectivity index (χ4v) is 1.46. The van der Waals surface area contributed by atoms with E-state index in [0.29, 0.717) is 11.5 Å². The summed E-state index contributed by atoms with van der Waals surface area (Å²) in [5, 5.41) is 0. The summed E-state index contributed by atoms with van der Waals surface area (Å²) in [5.41, 5.74) is 0.791. The summed E-state index contributed by atoms with van der Waals surface area (Å²) >= 11 is 0. The zero-order valence-corrected chi connectivity index (χ0v) is 10.6. The van der Waals surface area contributed by atoms with Crippen molar-refractivity contribution in [3.8, 4) is 11.5 Å². The maximum atomic E-state index is 11.5. The van der Waals surface area contributed by atoms with Crippen molar-refractivity contribution in [3.63, 3.8) is 0 Å². The molecule has 4 nitrogen and oxygen atoms in total. The van der Waals surface area contributed by atoms with Gasteiger partial charge in [0.05, 0.1) is 26.7 Å². The van der Waals surface area contributed by atoms with Crippen LogP contribution in [0.4, 0.5) is 0 Å². The summed E-state index contributed by atoms with van der Waals surface area (Å²) in [4.78, 5) is 11.5. The summed E-state index contributed by atoms with van der Waals surface area (Å²) in [6.07, 6.45) is 0.0949. The third-order valence-electron chi connectivity index (χ3n) is 2.20. The van der Waals surface area contributed by atoms with Crippen molar-refractivity contribution < 1.29 is 19.0 Å².